The number of likely N-dealkylation sites (tertiary alicyclic amines) is 1. The Morgan fingerprint density at radius 3 is 2.84 bits per heavy atom. The van der Waals surface area contributed by atoms with Crippen molar-refractivity contribution < 1.29 is 9.90 Å². The molecule has 1 saturated heterocycles. The summed E-state index contributed by atoms with van der Waals surface area (Å²) in [5.74, 6) is 1.88. The van der Waals surface area contributed by atoms with Crippen LogP contribution in [-0.4, -0.2) is 40.4 Å². The molecular weight excluding hydrogens is 302 g/mol. The van der Waals surface area contributed by atoms with Crippen LogP contribution in [0, 0.1) is 5.92 Å². The highest BCUT2D eigenvalue weighted by atomic mass is 35.5. The largest absolute Gasteiger partial charge is 0.386 e. The predicted octanol–water partition coefficient (Wildman–Crippen LogP) is 2.62. The Balaban J connectivity index is 1.38. The molecule has 6 heteroatoms. The second kappa shape index (κ2) is 5.28. The van der Waals surface area contributed by atoms with Crippen LogP contribution in [0.2, 0.25) is 4.34 Å². The minimum atomic E-state index is -0.568. The van der Waals surface area contributed by atoms with Crippen LogP contribution in [0.5, 0.6) is 0 Å². The van der Waals surface area contributed by atoms with Gasteiger partial charge in [0.25, 0.3) is 0 Å². The first kappa shape index (κ1) is 13.7. The molecule has 1 aliphatic carbocycles. The van der Waals surface area contributed by atoms with E-state index >= 15 is 0 Å². The van der Waals surface area contributed by atoms with Crippen molar-refractivity contribution in [3.8, 4) is 0 Å². The summed E-state index contributed by atoms with van der Waals surface area (Å²) in [5, 5.41) is 10.2. The van der Waals surface area contributed by atoms with Crippen LogP contribution < -0.4 is 0 Å². The molecule has 19 heavy (non-hydrogen) atoms. The number of hydrogen-bond acceptors (Lipinski definition) is 4. The standard InChI is InChI=1S/C13H16ClNO2S2/c14-11-4-3-10(19-11)5-18-6-12(16)15-7-13(17,8-15)9-1-2-9/h3-4,9,17H,1-2,5-8H2. The van der Waals surface area contributed by atoms with E-state index < -0.39 is 5.60 Å². The Morgan fingerprint density at radius 1 is 1.53 bits per heavy atom. The van der Waals surface area contributed by atoms with Gasteiger partial charge < -0.3 is 10.0 Å². The summed E-state index contributed by atoms with van der Waals surface area (Å²) < 4.78 is 0.791. The molecule has 2 aliphatic rings. The van der Waals surface area contributed by atoms with Crippen molar-refractivity contribution in [2.45, 2.75) is 24.2 Å². The van der Waals surface area contributed by atoms with Gasteiger partial charge in [-0.1, -0.05) is 11.6 Å². The van der Waals surface area contributed by atoms with E-state index in [4.69, 9.17) is 11.6 Å². The van der Waals surface area contributed by atoms with Crippen LogP contribution in [0.25, 0.3) is 0 Å². The summed E-state index contributed by atoms with van der Waals surface area (Å²) in [7, 11) is 0. The van der Waals surface area contributed by atoms with Gasteiger partial charge in [0.05, 0.1) is 23.2 Å². The molecule has 2 heterocycles. The number of amides is 1. The first-order chi connectivity index (χ1) is 9.07. The second-order valence-corrected chi connectivity index (χ2v) is 8.11. The van der Waals surface area contributed by atoms with E-state index in [1.165, 1.54) is 4.88 Å². The van der Waals surface area contributed by atoms with Crippen molar-refractivity contribution >= 4 is 40.6 Å². The Hall–Kier alpha value is -0.230. The topological polar surface area (TPSA) is 40.5 Å². The zero-order chi connectivity index (χ0) is 13.5. The van der Waals surface area contributed by atoms with Gasteiger partial charge in [0.2, 0.25) is 5.91 Å². The van der Waals surface area contributed by atoms with Crippen molar-refractivity contribution in [1.29, 1.82) is 0 Å². The van der Waals surface area contributed by atoms with Crippen molar-refractivity contribution in [2.75, 3.05) is 18.8 Å². The van der Waals surface area contributed by atoms with E-state index in [1.807, 2.05) is 12.1 Å². The number of thiophene rings is 1. The van der Waals surface area contributed by atoms with E-state index in [1.54, 1.807) is 28.0 Å². The highest BCUT2D eigenvalue weighted by Crippen LogP contribution is 2.44. The van der Waals surface area contributed by atoms with Gasteiger partial charge in [-0.15, -0.1) is 23.1 Å². The van der Waals surface area contributed by atoms with E-state index in [0.29, 0.717) is 24.8 Å². The minimum absolute atomic E-state index is 0.137. The zero-order valence-corrected chi connectivity index (χ0v) is 12.9. The lowest BCUT2D eigenvalue weighted by Crippen LogP contribution is -2.65. The lowest BCUT2D eigenvalue weighted by atomic mass is 9.89. The summed E-state index contributed by atoms with van der Waals surface area (Å²) in [6.45, 7) is 1.06. The fourth-order valence-corrected chi connectivity index (χ4v) is 4.55. The Bertz CT molecular complexity index is 481. The third kappa shape index (κ3) is 3.10. The van der Waals surface area contributed by atoms with Gasteiger partial charge in [-0.3, -0.25) is 4.79 Å². The van der Waals surface area contributed by atoms with Crippen LogP contribution in [0.4, 0.5) is 0 Å². The first-order valence-corrected chi connectivity index (χ1v) is 8.74. The number of β-amino-alcohol motifs (C(OH)–C–C–N with tert-alkyl or cyclic N) is 1. The lowest BCUT2D eigenvalue weighted by Gasteiger charge is -2.47. The Labute approximate surface area is 125 Å². The molecule has 1 amide bonds. The third-order valence-electron chi connectivity index (χ3n) is 3.72. The average Bonchev–Trinajstić information content (AvgIpc) is 3.10. The second-order valence-electron chi connectivity index (χ2n) is 5.33. The molecule has 1 aliphatic heterocycles. The normalized spacial score (nSPS) is 21.3. The van der Waals surface area contributed by atoms with Crippen LogP contribution in [-0.2, 0) is 10.5 Å². The third-order valence-corrected chi connectivity index (χ3v) is 6.10. The van der Waals surface area contributed by atoms with Gasteiger partial charge in [0.1, 0.15) is 5.60 Å². The van der Waals surface area contributed by atoms with E-state index in [0.717, 1.165) is 22.9 Å². The van der Waals surface area contributed by atoms with Gasteiger partial charge in [-0.2, -0.15) is 0 Å². The van der Waals surface area contributed by atoms with Crippen molar-refractivity contribution in [3.05, 3.63) is 21.3 Å². The molecule has 1 saturated carbocycles. The molecule has 0 bridgehead atoms. The zero-order valence-electron chi connectivity index (χ0n) is 10.5. The number of aliphatic hydroxyl groups is 1. The number of carbonyl (C=O) groups is 1. The summed E-state index contributed by atoms with van der Waals surface area (Å²) >= 11 is 9.02. The van der Waals surface area contributed by atoms with E-state index in [9.17, 15) is 9.90 Å². The van der Waals surface area contributed by atoms with E-state index in [-0.39, 0.29) is 5.91 Å². The molecule has 0 spiro atoms. The predicted molar refractivity (Wildman–Crippen MR) is 79.7 cm³/mol. The van der Waals surface area contributed by atoms with Gasteiger partial charge in [0.15, 0.2) is 0 Å². The summed E-state index contributed by atoms with van der Waals surface area (Å²) in [5.41, 5.74) is -0.568. The fraction of sp³-hybridized carbons (Fsp3) is 0.615. The van der Waals surface area contributed by atoms with Crippen LogP contribution in [0.3, 0.4) is 0 Å². The molecule has 3 rings (SSSR count). The molecule has 0 atom stereocenters. The molecule has 1 N–H and O–H groups in total. The number of carbonyl (C=O) groups excluding carboxylic acids is 1. The molecule has 0 aromatic carbocycles. The number of hydrogen-bond donors (Lipinski definition) is 1. The first-order valence-electron chi connectivity index (χ1n) is 6.39. The molecule has 0 unspecified atom stereocenters. The molecule has 1 aromatic heterocycles. The number of nitrogens with zero attached hydrogens (tertiary/aromatic N) is 1. The van der Waals surface area contributed by atoms with Gasteiger partial charge in [0, 0.05) is 10.6 Å². The number of rotatable bonds is 5. The Kier molecular flexibility index (Phi) is 3.82. The highest BCUT2D eigenvalue weighted by molar-refractivity contribution is 7.99. The number of halogens is 1. The fourth-order valence-electron chi connectivity index (χ4n) is 2.43. The molecule has 0 radical (unpaired) electrons. The molecule has 1 aromatic rings. The van der Waals surface area contributed by atoms with Crippen molar-refractivity contribution in [1.82, 2.24) is 4.90 Å². The Morgan fingerprint density at radius 2 is 2.26 bits per heavy atom. The maximum atomic E-state index is 11.9. The van der Waals surface area contributed by atoms with Crippen molar-refractivity contribution in [2.24, 2.45) is 5.92 Å². The highest BCUT2D eigenvalue weighted by Gasteiger charge is 2.53. The van der Waals surface area contributed by atoms with Gasteiger partial charge >= 0.3 is 0 Å². The lowest BCUT2D eigenvalue weighted by molar-refractivity contribution is -0.156. The van der Waals surface area contributed by atoms with Gasteiger partial charge in [-0.05, 0) is 30.9 Å². The van der Waals surface area contributed by atoms with Crippen LogP contribution in [0.1, 0.15) is 17.7 Å². The average molecular weight is 318 g/mol. The van der Waals surface area contributed by atoms with Gasteiger partial charge in [-0.25, -0.2) is 0 Å². The SMILES string of the molecule is O=C(CSCc1ccc(Cl)s1)N1CC(O)(C2CC2)C1. The summed E-state index contributed by atoms with van der Waals surface area (Å²) in [4.78, 5) is 14.9. The molecule has 104 valence electrons. The quantitative estimate of drug-likeness (QED) is 0.907. The number of thioether (sulfide) groups is 1. The summed E-state index contributed by atoms with van der Waals surface area (Å²) in [6.07, 6.45) is 2.23. The van der Waals surface area contributed by atoms with E-state index in [2.05, 4.69) is 0 Å². The maximum absolute atomic E-state index is 11.9. The smallest absolute Gasteiger partial charge is 0.232 e. The monoisotopic (exact) mass is 317 g/mol. The summed E-state index contributed by atoms with van der Waals surface area (Å²) in [6, 6.07) is 3.88. The molecule has 3 nitrogen and oxygen atoms in total. The minimum Gasteiger partial charge on any atom is -0.386 e. The van der Waals surface area contributed by atoms with Crippen LogP contribution in [0.15, 0.2) is 12.1 Å². The molecular formula is C13H16ClNO2S2. The molecule has 2 fully saturated rings. The maximum Gasteiger partial charge on any atom is 0.232 e. The van der Waals surface area contributed by atoms with Crippen molar-refractivity contribution in [3.63, 3.8) is 0 Å². The van der Waals surface area contributed by atoms with Crippen LogP contribution >= 0.6 is 34.7 Å².